The SMILES string of the molecule is [AsH2]c1cccc(COCCC2CC2)n1. The zero-order valence-electron chi connectivity index (χ0n) is 8.28. The summed E-state index contributed by atoms with van der Waals surface area (Å²) in [5, 5.41) is 0. The van der Waals surface area contributed by atoms with Gasteiger partial charge < -0.3 is 0 Å². The average Bonchev–Trinajstić information content (AvgIpc) is 2.96. The van der Waals surface area contributed by atoms with Crippen LogP contribution < -0.4 is 4.48 Å². The van der Waals surface area contributed by atoms with Gasteiger partial charge in [-0.25, -0.2) is 0 Å². The third-order valence-electron chi connectivity index (χ3n) is 2.45. The van der Waals surface area contributed by atoms with E-state index in [1.807, 2.05) is 18.2 Å². The van der Waals surface area contributed by atoms with Crippen LogP contribution in [0.25, 0.3) is 0 Å². The minimum absolute atomic E-state index is 0.671. The van der Waals surface area contributed by atoms with Gasteiger partial charge in [-0.15, -0.1) is 0 Å². The molecule has 1 aromatic rings. The van der Waals surface area contributed by atoms with Crippen molar-refractivity contribution in [2.24, 2.45) is 5.92 Å². The van der Waals surface area contributed by atoms with Gasteiger partial charge >= 0.3 is 93.3 Å². The first-order chi connectivity index (χ1) is 6.84. The van der Waals surface area contributed by atoms with E-state index in [1.54, 1.807) is 16.9 Å². The van der Waals surface area contributed by atoms with E-state index >= 15 is 0 Å². The Labute approximate surface area is 93.6 Å². The van der Waals surface area contributed by atoms with Crippen molar-refractivity contribution in [2.75, 3.05) is 6.61 Å². The molecule has 0 aliphatic heterocycles. The van der Waals surface area contributed by atoms with E-state index in [2.05, 4.69) is 4.98 Å². The molecule has 3 heteroatoms. The summed E-state index contributed by atoms with van der Waals surface area (Å²) in [5.74, 6) is 0.962. The predicted octanol–water partition coefficient (Wildman–Crippen LogP) is 0.657. The second-order valence-electron chi connectivity index (χ2n) is 3.84. The van der Waals surface area contributed by atoms with E-state index in [0.717, 1.165) is 22.7 Å². The van der Waals surface area contributed by atoms with Crippen LogP contribution in [-0.2, 0) is 11.3 Å². The van der Waals surface area contributed by atoms with E-state index in [1.165, 1.54) is 19.3 Å². The minimum atomic E-state index is 0.671. The molecule has 1 saturated carbocycles. The van der Waals surface area contributed by atoms with Crippen molar-refractivity contribution < 1.29 is 4.74 Å². The number of nitrogens with zero attached hydrogens (tertiary/aromatic N) is 1. The predicted molar refractivity (Wildman–Crippen MR) is 59.4 cm³/mol. The molecule has 1 heterocycles. The Hall–Kier alpha value is -0.332. The molecule has 1 unspecified atom stereocenters. The van der Waals surface area contributed by atoms with Gasteiger partial charge in [-0.05, 0) is 0 Å². The third-order valence-corrected chi connectivity index (χ3v) is 3.12. The van der Waals surface area contributed by atoms with Crippen molar-refractivity contribution in [3.05, 3.63) is 23.9 Å². The molecule has 0 amide bonds. The Balaban J connectivity index is 1.68. The normalized spacial score (nSPS) is 15.8. The summed E-state index contributed by atoms with van der Waals surface area (Å²) in [4.78, 5) is 4.41. The molecule has 0 bridgehead atoms. The van der Waals surface area contributed by atoms with E-state index in [9.17, 15) is 0 Å². The monoisotopic (exact) mass is 253 g/mol. The van der Waals surface area contributed by atoms with E-state index in [0.29, 0.717) is 6.61 Å². The molecule has 0 aromatic carbocycles. The summed E-state index contributed by atoms with van der Waals surface area (Å²) >= 11 is 1.56. The molecule has 0 radical (unpaired) electrons. The van der Waals surface area contributed by atoms with Crippen molar-refractivity contribution >= 4 is 21.3 Å². The molecule has 0 spiro atoms. The second kappa shape index (κ2) is 4.95. The van der Waals surface area contributed by atoms with Crippen LogP contribution in [0.2, 0.25) is 0 Å². The molecule has 14 heavy (non-hydrogen) atoms. The fourth-order valence-electron chi connectivity index (χ4n) is 1.41. The molecule has 1 atom stereocenters. The number of hydrogen-bond acceptors (Lipinski definition) is 2. The standard InChI is InChI=1S/C11H16AsNO/c12-11-3-1-2-10(13-11)8-14-7-6-9-4-5-9/h1-3,9H,4-8,12H2. The van der Waals surface area contributed by atoms with E-state index in [4.69, 9.17) is 4.74 Å². The van der Waals surface area contributed by atoms with E-state index in [-0.39, 0.29) is 0 Å². The van der Waals surface area contributed by atoms with Gasteiger partial charge in [-0.2, -0.15) is 0 Å². The van der Waals surface area contributed by atoms with Crippen molar-refractivity contribution in [3.63, 3.8) is 0 Å². The molecular formula is C11H16AsNO. The van der Waals surface area contributed by atoms with Crippen molar-refractivity contribution in [2.45, 2.75) is 25.9 Å². The van der Waals surface area contributed by atoms with Gasteiger partial charge in [-0.1, -0.05) is 0 Å². The third kappa shape index (κ3) is 3.43. The average molecular weight is 253 g/mol. The van der Waals surface area contributed by atoms with Gasteiger partial charge in [0.1, 0.15) is 0 Å². The molecular weight excluding hydrogens is 237 g/mol. The fourth-order valence-corrected chi connectivity index (χ4v) is 1.99. The van der Waals surface area contributed by atoms with Crippen molar-refractivity contribution in [1.29, 1.82) is 0 Å². The molecule has 2 nitrogen and oxygen atoms in total. The van der Waals surface area contributed by atoms with Crippen LogP contribution in [0.4, 0.5) is 0 Å². The first-order valence-corrected chi connectivity index (χ1v) is 6.35. The Bertz CT molecular complexity index is 299. The van der Waals surface area contributed by atoms with Crippen molar-refractivity contribution in [3.8, 4) is 0 Å². The Kier molecular flexibility index (Phi) is 3.60. The zero-order valence-corrected chi connectivity index (χ0v) is 10.7. The summed E-state index contributed by atoms with van der Waals surface area (Å²) in [6.07, 6.45) is 4.05. The van der Waals surface area contributed by atoms with Crippen LogP contribution >= 0.6 is 0 Å². The topological polar surface area (TPSA) is 22.1 Å². The van der Waals surface area contributed by atoms with Crippen LogP contribution in [0, 0.1) is 5.92 Å². The summed E-state index contributed by atoms with van der Waals surface area (Å²) in [6.45, 7) is 1.57. The molecule has 0 saturated heterocycles. The summed E-state index contributed by atoms with van der Waals surface area (Å²) in [6, 6.07) is 6.11. The summed E-state index contributed by atoms with van der Waals surface area (Å²) in [7, 11) is 0. The van der Waals surface area contributed by atoms with Crippen LogP contribution in [0.15, 0.2) is 18.2 Å². The van der Waals surface area contributed by atoms with E-state index < -0.39 is 0 Å². The van der Waals surface area contributed by atoms with Gasteiger partial charge in [0.2, 0.25) is 0 Å². The Morgan fingerprint density at radius 1 is 1.43 bits per heavy atom. The maximum atomic E-state index is 5.57. The van der Waals surface area contributed by atoms with Gasteiger partial charge in [0.05, 0.1) is 0 Å². The first kappa shape index (κ1) is 10.2. The van der Waals surface area contributed by atoms with Crippen LogP contribution in [0.1, 0.15) is 25.0 Å². The fraction of sp³-hybridized carbons (Fsp3) is 0.545. The van der Waals surface area contributed by atoms with Crippen LogP contribution in [-0.4, -0.2) is 28.4 Å². The quantitative estimate of drug-likeness (QED) is 0.568. The summed E-state index contributed by atoms with van der Waals surface area (Å²) < 4.78 is 6.70. The molecule has 1 fully saturated rings. The Morgan fingerprint density at radius 2 is 2.29 bits per heavy atom. The van der Waals surface area contributed by atoms with Crippen LogP contribution in [0.5, 0.6) is 0 Å². The number of aromatic nitrogens is 1. The molecule has 1 aromatic heterocycles. The molecule has 1 aliphatic carbocycles. The molecule has 76 valence electrons. The number of ether oxygens (including phenoxy) is 1. The number of hydrogen-bond donors (Lipinski definition) is 0. The molecule has 2 rings (SSSR count). The van der Waals surface area contributed by atoms with Gasteiger partial charge in [0.15, 0.2) is 0 Å². The first-order valence-electron chi connectivity index (χ1n) is 5.14. The Morgan fingerprint density at radius 3 is 3.00 bits per heavy atom. The van der Waals surface area contributed by atoms with Gasteiger partial charge in [0, 0.05) is 0 Å². The van der Waals surface area contributed by atoms with Gasteiger partial charge in [-0.3, -0.25) is 0 Å². The van der Waals surface area contributed by atoms with Gasteiger partial charge in [0.25, 0.3) is 0 Å². The molecule has 0 N–H and O–H groups in total. The number of rotatable bonds is 5. The number of pyridine rings is 1. The summed E-state index contributed by atoms with van der Waals surface area (Å²) in [5.41, 5.74) is 1.06. The van der Waals surface area contributed by atoms with Crippen molar-refractivity contribution in [1.82, 2.24) is 4.98 Å². The molecule has 1 aliphatic rings. The maximum absolute atomic E-state index is 5.57. The van der Waals surface area contributed by atoms with Crippen LogP contribution in [0.3, 0.4) is 0 Å². The second-order valence-corrected chi connectivity index (χ2v) is 5.08. The zero-order chi connectivity index (χ0) is 9.80.